The Morgan fingerprint density at radius 3 is 2.39 bits per heavy atom. The number of carbonyl (C=O) groups excluding carboxylic acids is 1. The molecule has 1 heterocycles. The number of rotatable bonds is 8. The number of hydrogen-bond donors (Lipinski definition) is 1. The maximum absolute atomic E-state index is 12.3. The Labute approximate surface area is 170 Å². The van der Waals surface area contributed by atoms with Crippen LogP contribution >= 0.6 is 11.6 Å². The maximum Gasteiger partial charge on any atom is 0.258 e. The normalized spacial score (nSPS) is 15.6. The van der Waals surface area contributed by atoms with Gasteiger partial charge in [0.2, 0.25) is 0 Å². The molecule has 0 saturated carbocycles. The van der Waals surface area contributed by atoms with E-state index >= 15 is 0 Å². The van der Waals surface area contributed by atoms with Gasteiger partial charge < -0.3 is 19.5 Å². The SMILES string of the molecule is COc1ccc(OCC(=O)NC[C@@H](c2ccc(Cl)cc2)N2CCOCC2)cc1. The zero-order valence-corrected chi connectivity index (χ0v) is 16.7. The van der Waals surface area contributed by atoms with E-state index in [2.05, 4.69) is 10.2 Å². The molecular formula is C21H25ClN2O4. The smallest absolute Gasteiger partial charge is 0.258 e. The van der Waals surface area contributed by atoms with Crippen molar-refractivity contribution < 1.29 is 19.0 Å². The van der Waals surface area contributed by atoms with Crippen molar-refractivity contribution >= 4 is 17.5 Å². The summed E-state index contributed by atoms with van der Waals surface area (Å²) in [5, 5.41) is 3.68. The summed E-state index contributed by atoms with van der Waals surface area (Å²) in [5.74, 6) is 1.20. The Hall–Kier alpha value is -2.28. The Morgan fingerprint density at radius 2 is 1.75 bits per heavy atom. The second-order valence-corrected chi connectivity index (χ2v) is 6.92. The van der Waals surface area contributed by atoms with Gasteiger partial charge in [0.15, 0.2) is 6.61 Å². The number of carbonyl (C=O) groups is 1. The Balaban J connectivity index is 1.55. The van der Waals surface area contributed by atoms with Gasteiger partial charge in [0, 0.05) is 24.7 Å². The molecule has 1 aliphatic heterocycles. The number of hydrogen-bond acceptors (Lipinski definition) is 5. The molecule has 7 heteroatoms. The summed E-state index contributed by atoms with van der Waals surface area (Å²) in [6.45, 7) is 3.49. The summed E-state index contributed by atoms with van der Waals surface area (Å²) >= 11 is 6.02. The first kappa shape index (κ1) is 20.5. The van der Waals surface area contributed by atoms with Crippen LogP contribution < -0.4 is 14.8 Å². The van der Waals surface area contributed by atoms with Gasteiger partial charge in [0.1, 0.15) is 11.5 Å². The predicted octanol–water partition coefficient (Wildman–Crippen LogP) is 2.92. The van der Waals surface area contributed by atoms with Gasteiger partial charge in [-0.05, 0) is 42.0 Å². The molecule has 1 fully saturated rings. The van der Waals surface area contributed by atoms with E-state index in [1.54, 1.807) is 31.4 Å². The van der Waals surface area contributed by atoms with Crippen LogP contribution in [0.25, 0.3) is 0 Å². The van der Waals surface area contributed by atoms with E-state index in [9.17, 15) is 4.79 Å². The van der Waals surface area contributed by atoms with Gasteiger partial charge >= 0.3 is 0 Å². The topological polar surface area (TPSA) is 60.0 Å². The Kier molecular flexibility index (Phi) is 7.54. The van der Waals surface area contributed by atoms with Crippen LogP contribution in [-0.4, -0.2) is 57.4 Å². The fourth-order valence-corrected chi connectivity index (χ4v) is 3.24. The minimum atomic E-state index is -0.164. The molecule has 0 unspecified atom stereocenters. The fraction of sp³-hybridized carbons (Fsp3) is 0.381. The van der Waals surface area contributed by atoms with Crippen LogP contribution in [0.4, 0.5) is 0 Å². The summed E-state index contributed by atoms with van der Waals surface area (Å²) in [5.41, 5.74) is 1.11. The van der Waals surface area contributed by atoms with Crippen molar-refractivity contribution in [1.82, 2.24) is 10.2 Å². The van der Waals surface area contributed by atoms with E-state index in [1.165, 1.54) is 0 Å². The van der Waals surface area contributed by atoms with Crippen molar-refractivity contribution in [3.8, 4) is 11.5 Å². The zero-order valence-electron chi connectivity index (χ0n) is 15.9. The van der Waals surface area contributed by atoms with E-state index in [0.717, 1.165) is 24.4 Å². The third kappa shape index (κ3) is 5.86. The van der Waals surface area contributed by atoms with Crippen LogP contribution in [0.3, 0.4) is 0 Å². The Morgan fingerprint density at radius 1 is 1.11 bits per heavy atom. The van der Waals surface area contributed by atoms with Gasteiger partial charge in [-0.25, -0.2) is 0 Å². The van der Waals surface area contributed by atoms with E-state index < -0.39 is 0 Å². The van der Waals surface area contributed by atoms with Gasteiger partial charge in [-0.15, -0.1) is 0 Å². The molecule has 1 N–H and O–H groups in total. The van der Waals surface area contributed by atoms with Gasteiger partial charge in [-0.2, -0.15) is 0 Å². The highest BCUT2D eigenvalue weighted by molar-refractivity contribution is 6.30. The molecule has 0 aromatic heterocycles. The number of nitrogens with zero attached hydrogens (tertiary/aromatic N) is 1. The van der Waals surface area contributed by atoms with Gasteiger partial charge in [0.05, 0.1) is 26.4 Å². The number of nitrogens with one attached hydrogen (secondary N) is 1. The Bertz CT molecular complexity index is 746. The van der Waals surface area contributed by atoms with E-state index in [-0.39, 0.29) is 18.6 Å². The highest BCUT2D eigenvalue weighted by Gasteiger charge is 2.23. The summed E-state index contributed by atoms with van der Waals surface area (Å²) < 4.78 is 16.1. The molecular weight excluding hydrogens is 380 g/mol. The molecule has 2 aromatic carbocycles. The maximum atomic E-state index is 12.3. The molecule has 28 heavy (non-hydrogen) atoms. The molecule has 6 nitrogen and oxygen atoms in total. The number of halogens is 1. The molecule has 1 amide bonds. The van der Waals surface area contributed by atoms with Gasteiger partial charge in [-0.3, -0.25) is 9.69 Å². The lowest BCUT2D eigenvalue weighted by atomic mass is 10.0. The number of morpholine rings is 1. The van der Waals surface area contributed by atoms with Crippen molar-refractivity contribution in [2.45, 2.75) is 6.04 Å². The second-order valence-electron chi connectivity index (χ2n) is 6.48. The van der Waals surface area contributed by atoms with Crippen molar-refractivity contribution in [2.24, 2.45) is 0 Å². The highest BCUT2D eigenvalue weighted by Crippen LogP contribution is 2.23. The van der Waals surface area contributed by atoms with E-state index in [1.807, 2.05) is 24.3 Å². The van der Waals surface area contributed by atoms with Crippen molar-refractivity contribution in [2.75, 3.05) is 46.6 Å². The monoisotopic (exact) mass is 404 g/mol. The molecule has 0 bridgehead atoms. The first-order chi connectivity index (χ1) is 13.7. The predicted molar refractivity (Wildman–Crippen MR) is 108 cm³/mol. The minimum absolute atomic E-state index is 0.0389. The summed E-state index contributed by atoms with van der Waals surface area (Å²) in [6.07, 6.45) is 0. The average molecular weight is 405 g/mol. The van der Waals surface area contributed by atoms with Crippen LogP contribution in [0.5, 0.6) is 11.5 Å². The summed E-state index contributed by atoms with van der Waals surface area (Å²) in [4.78, 5) is 14.6. The second kappa shape index (κ2) is 10.3. The molecule has 1 saturated heterocycles. The van der Waals surface area contributed by atoms with Crippen LogP contribution in [0.15, 0.2) is 48.5 Å². The third-order valence-electron chi connectivity index (χ3n) is 4.66. The molecule has 1 atom stereocenters. The molecule has 2 aromatic rings. The highest BCUT2D eigenvalue weighted by atomic mass is 35.5. The largest absolute Gasteiger partial charge is 0.497 e. The van der Waals surface area contributed by atoms with Gasteiger partial charge in [0.25, 0.3) is 5.91 Å². The third-order valence-corrected chi connectivity index (χ3v) is 4.92. The van der Waals surface area contributed by atoms with Crippen molar-refractivity contribution in [1.29, 1.82) is 0 Å². The van der Waals surface area contributed by atoms with Gasteiger partial charge in [-0.1, -0.05) is 23.7 Å². The lowest BCUT2D eigenvalue weighted by molar-refractivity contribution is -0.123. The summed E-state index contributed by atoms with van der Waals surface area (Å²) in [6, 6.07) is 15.0. The number of ether oxygens (including phenoxy) is 3. The standard InChI is InChI=1S/C21H25ClN2O4/c1-26-18-6-8-19(9-7-18)28-15-21(25)23-14-20(24-10-12-27-13-11-24)16-2-4-17(22)5-3-16/h2-9,20H,10-15H2,1H3,(H,23,25)/t20-/m0/s1. The van der Waals surface area contributed by atoms with E-state index in [4.69, 9.17) is 25.8 Å². The first-order valence-electron chi connectivity index (χ1n) is 9.26. The van der Waals surface area contributed by atoms with Crippen LogP contribution in [0, 0.1) is 0 Å². The fourth-order valence-electron chi connectivity index (χ4n) is 3.11. The van der Waals surface area contributed by atoms with Crippen LogP contribution in [-0.2, 0) is 9.53 Å². The number of benzene rings is 2. The molecule has 0 aliphatic carbocycles. The average Bonchev–Trinajstić information content (AvgIpc) is 2.75. The lowest BCUT2D eigenvalue weighted by Crippen LogP contribution is -2.44. The molecule has 0 spiro atoms. The molecule has 0 radical (unpaired) electrons. The quantitative estimate of drug-likeness (QED) is 0.733. The lowest BCUT2D eigenvalue weighted by Gasteiger charge is -2.35. The number of amides is 1. The zero-order chi connectivity index (χ0) is 19.8. The molecule has 3 rings (SSSR count). The van der Waals surface area contributed by atoms with Crippen molar-refractivity contribution in [3.05, 3.63) is 59.1 Å². The number of methoxy groups -OCH3 is 1. The minimum Gasteiger partial charge on any atom is -0.497 e. The van der Waals surface area contributed by atoms with Crippen molar-refractivity contribution in [3.63, 3.8) is 0 Å². The first-order valence-corrected chi connectivity index (χ1v) is 9.64. The molecule has 1 aliphatic rings. The van der Waals surface area contributed by atoms with Crippen LogP contribution in [0.1, 0.15) is 11.6 Å². The molecule has 150 valence electrons. The summed E-state index contributed by atoms with van der Waals surface area (Å²) in [7, 11) is 1.61. The van der Waals surface area contributed by atoms with Crippen LogP contribution in [0.2, 0.25) is 5.02 Å². The van der Waals surface area contributed by atoms with E-state index in [0.29, 0.717) is 30.5 Å².